The van der Waals surface area contributed by atoms with Crippen molar-refractivity contribution >= 4 is 65.4 Å². The van der Waals surface area contributed by atoms with Crippen LogP contribution in [-0.4, -0.2) is 28.7 Å². The first-order valence-electron chi connectivity index (χ1n) is 23.4. The largest absolute Gasteiger partial charge is 0.309 e. The van der Waals surface area contributed by atoms with Gasteiger partial charge in [-0.25, -0.2) is 4.98 Å². The molecule has 0 saturated carbocycles. The van der Waals surface area contributed by atoms with E-state index in [1.807, 2.05) is 36.4 Å². The van der Waals surface area contributed by atoms with Crippen molar-refractivity contribution in [2.45, 2.75) is 0 Å². The van der Waals surface area contributed by atoms with Crippen LogP contribution in [0.25, 0.3) is 128 Å². The molecule has 6 heteroatoms. The van der Waals surface area contributed by atoms with Gasteiger partial charge in [-0.15, -0.1) is 0 Å². The summed E-state index contributed by atoms with van der Waals surface area (Å²) >= 11 is 0. The highest BCUT2D eigenvalue weighted by Gasteiger charge is 2.21. The fourth-order valence-corrected chi connectivity index (χ4v) is 10.5. The van der Waals surface area contributed by atoms with Gasteiger partial charge >= 0.3 is 0 Å². The highest BCUT2D eigenvalue weighted by molar-refractivity contribution is 6.14. The maximum Gasteiger partial charge on any atom is 0.238 e. The summed E-state index contributed by atoms with van der Waals surface area (Å²) < 4.78 is 7.00. The van der Waals surface area contributed by atoms with Crippen molar-refractivity contribution in [3.63, 3.8) is 0 Å². The zero-order chi connectivity index (χ0) is 45.4. The van der Waals surface area contributed by atoms with E-state index in [1.165, 1.54) is 43.7 Å². The van der Waals surface area contributed by atoms with E-state index in [4.69, 9.17) is 15.0 Å². The molecule has 14 rings (SSSR count). The van der Waals surface area contributed by atoms with E-state index < -0.39 is 0 Å². The maximum absolute atomic E-state index is 5.26. The molecule has 0 atom stereocenters. The Morgan fingerprint density at radius 1 is 0.217 bits per heavy atom. The number of nitrogens with zero attached hydrogens (tertiary/aromatic N) is 6. The number of benzene rings is 10. The summed E-state index contributed by atoms with van der Waals surface area (Å²) in [5, 5.41) is 7.13. The molecule has 0 aliphatic rings. The third-order valence-corrected chi connectivity index (χ3v) is 13.7. The van der Waals surface area contributed by atoms with Crippen molar-refractivity contribution in [2.75, 3.05) is 0 Å². The molecular formula is C63H40N6. The molecule has 0 radical (unpaired) electrons. The van der Waals surface area contributed by atoms with E-state index in [1.54, 1.807) is 0 Å². The molecule has 0 spiro atoms. The first-order valence-corrected chi connectivity index (χ1v) is 23.4. The Bertz CT molecular complexity index is 4170. The number of fused-ring (bicyclic) bond motifs is 9. The lowest BCUT2D eigenvalue weighted by molar-refractivity contribution is 0.953. The number of rotatable bonds is 7. The summed E-state index contributed by atoms with van der Waals surface area (Å²) in [6.45, 7) is 0. The zero-order valence-electron chi connectivity index (χ0n) is 37.3. The van der Waals surface area contributed by atoms with Crippen LogP contribution in [0.15, 0.2) is 243 Å². The van der Waals surface area contributed by atoms with Gasteiger partial charge in [0.1, 0.15) is 0 Å². The number of hydrogen-bond acceptors (Lipinski definition) is 3. The molecule has 4 aromatic heterocycles. The Morgan fingerprint density at radius 2 is 0.609 bits per heavy atom. The molecule has 0 saturated heterocycles. The monoisotopic (exact) mass is 880 g/mol. The lowest BCUT2D eigenvalue weighted by atomic mass is 10.0. The summed E-state index contributed by atoms with van der Waals surface area (Å²) in [6.07, 6.45) is 0. The molecule has 6 nitrogen and oxygen atoms in total. The molecule has 0 unspecified atom stereocenters. The second kappa shape index (κ2) is 15.6. The molecule has 0 N–H and O–H groups in total. The first-order chi connectivity index (χ1) is 34.2. The average molecular weight is 881 g/mol. The van der Waals surface area contributed by atoms with Gasteiger partial charge in [0.15, 0.2) is 11.6 Å². The van der Waals surface area contributed by atoms with Gasteiger partial charge in [-0.05, 0) is 89.0 Å². The zero-order valence-corrected chi connectivity index (χ0v) is 37.3. The van der Waals surface area contributed by atoms with Crippen molar-refractivity contribution < 1.29 is 0 Å². The maximum atomic E-state index is 5.26. The van der Waals surface area contributed by atoms with Crippen LogP contribution in [0.4, 0.5) is 0 Å². The van der Waals surface area contributed by atoms with Gasteiger partial charge in [-0.1, -0.05) is 176 Å². The smallest absolute Gasteiger partial charge is 0.238 e. The molecule has 322 valence electrons. The Balaban J connectivity index is 0.994. The Labute approximate surface area is 397 Å². The molecule has 0 amide bonds. The normalized spacial score (nSPS) is 11.8. The fraction of sp³-hybridized carbons (Fsp3) is 0. The van der Waals surface area contributed by atoms with Crippen LogP contribution in [0.5, 0.6) is 0 Å². The standard InChI is InChI=1S/C63H40N6/c1-4-16-41(17-5-1)46-30-35-52-51-24-12-15-27-57(51)68(60(52)39-46)48-34-37-59-54(40-48)53-38-45(42-28-32-47(33-29-42)67-55-25-13-10-22-49(55)50-23-11-14-26-56(50)67)31-36-58(53)69(59)63-65-61(43-18-6-2-7-19-43)64-62(66-63)44-20-8-3-9-21-44/h1-40H. The number of para-hydroxylation sites is 3. The van der Waals surface area contributed by atoms with Crippen LogP contribution in [0, 0.1) is 0 Å². The second-order valence-corrected chi connectivity index (χ2v) is 17.7. The van der Waals surface area contributed by atoms with Crippen LogP contribution < -0.4 is 0 Å². The van der Waals surface area contributed by atoms with E-state index in [9.17, 15) is 0 Å². The lowest BCUT2D eigenvalue weighted by Gasteiger charge is -2.12. The van der Waals surface area contributed by atoms with Gasteiger partial charge in [0.05, 0.1) is 33.1 Å². The molecule has 0 aliphatic heterocycles. The van der Waals surface area contributed by atoms with E-state index >= 15 is 0 Å². The quantitative estimate of drug-likeness (QED) is 0.160. The molecular weight excluding hydrogens is 841 g/mol. The van der Waals surface area contributed by atoms with Gasteiger partial charge < -0.3 is 9.13 Å². The van der Waals surface area contributed by atoms with Crippen LogP contribution in [-0.2, 0) is 0 Å². The molecule has 14 aromatic rings. The average Bonchev–Trinajstić information content (AvgIpc) is 4.06. The molecule has 10 aromatic carbocycles. The van der Waals surface area contributed by atoms with Crippen LogP contribution in [0.1, 0.15) is 0 Å². The van der Waals surface area contributed by atoms with E-state index in [-0.39, 0.29) is 0 Å². The molecule has 4 heterocycles. The highest BCUT2D eigenvalue weighted by Crippen LogP contribution is 2.40. The summed E-state index contributed by atoms with van der Waals surface area (Å²) in [6, 6.07) is 86.5. The van der Waals surface area contributed by atoms with Crippen molar-refractivity contribution in [1.82, 2.24) is 28.7 Å². The minimum atomic E-state index is 0.558. The van der Waals surface area contributed by atoms with Crippen molar-refractivity contribution in [1.29, 1.82) is 0 Å². The van der Waals surface area contributed by atoms with Crippen LogP contribution >= 0.6 is 0 Å². The first kappa shape index (κ1) is 38.8. The Kier molecular flexibility index (Phi) is 8.79. The highest BCUT2D eigenvalue weighted by atomic mass is 15.2. The third kappa shape index (κ3) is 6.30. The predicted molar refractivity (Wildman–Crippen MR) is 285 cm³/mol. The van der Waals surface area contributed by atoms with E-state index in [2.05, 4.69) is 220 Å². The minimum absolute atomic E-state index is 0.558. The number of hydrogen-bond donors (Lipinski definition) is 0. The summed E-state index contributed by atoms with van der Waals surface area (Å²) in [4.78, 5) is 15.6. The van der Waals surface area contributed by atoms with E-state index in [0.29, 0.717) is 17.6 Å². The van der Waals surface area contributed by atoms with Gasteiger partial charge in [0.25, 0.3) is 0 Å². The van der Waals surface area contributed by atoms with Gasteiger partial charge in [-0.3, -0.25) is 4.57 Å². The second-order valence-electron chi connectivity index (χ2n) is 17.7. The minimum Gasteiger partial charge on any atom is -0.309 e. The molecule has 0 bridgehead atoms. The molecule has 0 aliphatic carbocycles. The van der Waals surface area contributed by atoms with Gasteiger partial charge in [-0.2, -0.15) is 9.97 Å². The Morgan fingerprint density at radius 3 is 1.19 bits per heavy atom. The lowest BCUT2D eigenvalue weighted by Crippen LogP contribution is -2.06. The summed E-state index contributed by atoms with van der Waals surface area (Å²) in [5.74, 6) is 1.79. The van der Waals surface area contributed by atoms with Crippen molar-refractivity contribution in [3.8, 4) is 62.4 Å². The van der Waals surface area contributed by atoms with E-state index in [0.717, 1.165) is 66.5 Å². The predicted octanol–water partition coefficient (Wildman–Crippen LogP) is 15.8. The topological polar surface area (TPSA) is 53.5 Å². The van der Waals surface area contributed by atoms with Crippen molar-refractivity contribution in [2.24, 2.45) is 0 Å². The summed E-state index contributed by atoms with van der Waals surface area (Å²) in [7, 11) is 0. The SMILES string of the molecule is c1ccc(-c2ccc3c4ccccc4n(-c4ccc5c(c4)c4cc(-c6ccc(-n7c8ccccc8c8ccccc87)cc6)ccc4n5-c4nc(-c5ccccc5)nc(-c5ccccc5)n4)c3c2)cc1. The van der Waals surface area contributed by atoms with Crippen LogP contribution in [0.2, 0.25) is 0 Å². The van der Waals surface area contributed by atoms with Gasteiger partial charge in [0, 0.05) is 54.8 Å². The summed E-state index contributed by atoms with van der Waals surface area (Å²) in [5.41, 5.74) is 15.4. The molecule has 0 fully saturated rings. The van der Waals surface area contributed by atoms with Crippen molar-refractivity contribution in [3.05, 3.63) is 243 Å². The Hall–Kier alpha value is -9.39. The number of aromatic nitrogens is 6. The third-order valence-electron chi connectivity index (χ3n) is 13.7. The van der Waals surface area contributed by atoms with Gasteiger partial charge in [0.2, 0.25) is 5.95 Å². The van der Waals surface area contributed by atoms with Crippen LogP contribution in [0.3, 0.4) is 0 Å². The fourth-order valence-electron chi connectivity index (χ4n) is 10.5. The molecule has 69 heavy (non-hydrogen) atoms.